The molecule has 3 aromatic rings. The van der Waals surface area contributed by atoms with E-state index in [4.69, 9.17) is 0 Å². The number of aromatic nitrogens is 2. The zero-order chi connectivity index (χ0) is 18.5. The predicted molar refractivity (Wildman–Crippen MR) is 104 cm³/mol. The lowest BCUT2D eigenvalue weighted by molar-refractivity contribution is 0.102. The number of aromatic amines is 1. The lowest BCUT2D eigenvalue weighted by Crippen LogP contribution is -2.15. The predicted octanol–water partition coefficient (Wildman–Crippen LogP) is 4.05. The van der Waals surface area contributed by atoms with Crippen molar-refractivity contribution in [2.75, 3.05) is 5.75 Å². The Kier molecular flexibility index (Phi) is 5.66. The summed E-state index contributed by atoms with van der Waals surface area (Å²) in [5.74, 6) is 0.0753. The van der Waals surface area contributed by atoms with Crippen molar-refractivity contribution in [2.24, 2.45) is 0 Å². The summed E-state index contributed by atoms with van der Waals surface area (Å²) < 4.78 is 0.882. The second-order valence-corrected chi connectivity index (χ2v) is 7.17. The molecular formula is C19H12BrN3O2S. The summed E-state index contributed by atoms with van der Waals surface area (Å²) >= 11 is 4.48. The Balaban J connectivity index is 1.89. The Labute approximate surface area is 162 Å². The molecule has 1 aromatic heterocycles. The highest BCUT2D eigenvalue weighted by molar-refractivity contribution is 9.10. The highest BCUT2D eigenvalue weighted by Crippen LogP contribution is 2.24. The molecular weight excluding hydrogens is 414 g/mol. The molecule has 2 aromatic carbocycles. The number of hydrogen-bond acceptors (Lipinski definition) is 5. The summed E-state index contributed by atoms with van der Waals surface area (Å²) in [6, 6.07) is 18.0. The zero-order valence-electron chi connectivity index (χ0n) is 13.4. The first-order valence-corrected chi connectivity index (χ1v) is 9.38. The number of Topliss-reactive ketones (excluding diaryl/α,β-unsaturated/α-hetero) is 1. The average Bonchev–Trinajstić information content (AvgIpc) is 2.67. The van der Waals surface area contributed by atoms with Crippen molar-refractivity contribution in [1.82, 2.24) is 9.97 Å². The van der Waals surface area contributed by atoms with E-state index in [0.717, 1.165) is 16.2 Å². The Bertz CT molecular complexity index is 1040. The molecule has 0 saturated heterocycles. The van der Waals surface area contributed by atoms with Gasteiger partial charge in [0.25, 0.3) is 5.56 Å². The first-order chi connectivity index (χ1) is 12.6. The fourth-order valence-corrected chi connectivity index (χ4v) is 3.30. The highest BCUT2D eigenvalue weighted by atomic mass is 79.9. The fraction of sp³-hybridized carbons (Fsp3) is 0.0526. The van der Waals surface area contributed by atoms with Gasteiger partial charge in [-0.3, -0.25) is 9.59 Å². The molecule has 0 amide bonds. The van der Waals surface area contributed by atoms with Crippen LogP contribution in [0.25, 0.3) is 11.3 Å². The van der Waals surface area contributed by atoms with Gasteiger partial charge in [0.1, 0.15) is 11.6 Å². The standard InChI is InChI=1S/C19H12BrN3O2S/c20-14-8-6-13(7-9-14)17-15(10-21)18(25)23-19(22-17)26-11-16(24)12-4-2-1-3-5-12/h1-9H,11H2,(H,22,23,25). The smallest absolute Gasteiger partial charge is 0.270 e. The monoisotopic (exact) mass is 425 g/mol. The van der Waals surface area contributed by atoms with Gasteiger partial charge in [0.2, 0.25) is 0 Å². The molecule has 0 radical (unpaired) electrons. The summed E-state index contributed by atoms with van der Waals surface area (Å²) in [5.41, 5.74) is 0.996. The van der Waals surface area contributed by atoms with E-state index in [-0.39, 0.29) is 17.1 Å². The second kappa shape index (κ2) is 8.13. The average molecular weight is 426 g/mol. The first-order valence-electron chi connectivity index (χ1n) is 7.60. The van der Waals surface area contributed by atoms with Crippen LogP contribution in [0.4, 0.5) is 0 Å². The number of carbonyl (C=O) groups is 1. The molecule has 7 heteroatoms. The van der Waals surface area contributed by atoms with Crippen LogP contribution in [0, 0.1) is 11.3 Å². The fourth-order valence-electron chi connectivity index (χ4n) is 2.28. The maximum Gasteiger partial charge on any atom is 0.270 e. The van der Waals surface area contributed by atoms with Gasteiger partial charge < -0.3 is 4.98 Å². The van der Waals surface area contributed by atoms with Gasteiger partial charge in [-0.15, -0.1) is 0 Å². The summed E-state index contributed by atoms with van der Waals surface area (Å²) in [4.78, 5) is 31.4. The van der Waals surface area contributed by atoms with Crippen molar-refractivity contribution in [3.05, 3.63) is 80.6 Å². The largest absolute Gasteiger partial charge is 0.300 e. The molecule has 0 spiro atoms. The molecule has 0 aliphatic carbocycles. The third kappa shape index (κ3) is 4.10. The number of rotatable bonds is 5. The quantitative estimate of drug-likeness (QED) is 0.378. The molecule has 1 N–H and O–H groups in total. The third-order valence-corrected chi connectivity index (χ3v) is 4.96. The van der Waals surface area contributed by atoms with Gasteiger partial charge in [-0.05, 0) is 12.1 Å². The van der Waals surface area contributed by atoms with Gasteiger partial charge in [-0.2, -0.15) is 5.26 Å². The first kappa shape index (κ1) is 18.1. The second-order valence-electron chi connectivity index (χ2n) is 5.29. The SMILES string of the molecule is N#Cc1c(-c2ccc(Br)cc2)nc(SCC(=O)c2ccccc2)[nH]c1=O. The van der Waals surface area contributed by atoms with Crippen LogP contribution in [0.15, 0.2) is 69.0 Å². The number of benzene rings is 2. The Hall–Kier alpha value is -2.69. The number of H-pyrrole nitrogens is 1. The maximum absolute atomic E-state index is 12.2. The van der Waals surface area contributed by atoms with E-state index in [1.165, 1.54) is 0 Å². The zero-order valence-corrected chi connectivity index (χ0v) is 15.8. The summed E-state index contributed by atoms with van der Waals surface area (Å²) in [6.07, 6.45) is 0. The Morgan fingerprint density at radius 2 is 1.85 bits per heavy atom. The van der Waals surface area contributed by atoms with Crippen molar-refractivity contribution < 1.29 is 4.79 Å². The number of nitriles is 1. The van der Waals surface area contributed by atoms with Gasteiger partial charge in [-0.1, -0.05) is 70.2 Å². The molecule has 0 aliphatic heterocycles. The molecule has 128 valence electrons. The molecule has 3 rings (SSSR count). The molecule has 1 heterocycles. The number of carbonyl (C=O) groups excluding carboxylic acids is 1. The van der Waals surface area contributed by atoms with Gasteiger partial charge >= 0.3 is 0 Å². The normalized spacial score (nSPS) is 10.3. The van der Waals surface area contributed by atoms with Gasteiger partial charge in [-0.25, -0.2) is 4.98 Å². The lowest BCUT2D eigenvalue weighted by atomic mass is 10.1. The topological polar surface area (TPSA) is 86.6 Å². The molecule has 0 atom stereocenters. The van der Waals surface area contributed by atoms with Crippen molar-refractivity contribution in [2.45, 2.75) is 5.16 Å². The van der Waals surface area contributed by atoms with Crippen LogP contribution in [0.2, 0.25) is 0 Å². The van der Waals surface area contributed by atoms with Crippen LogP contribution in [0.3, 0.4) is 0 Å². The lowest BCUT2D eigenvalue weighted by Gasteiger charge is -2.06. The summed E-state index contributed by atoms with van der Waals surface area (Å²) in [6.45, 7) is 0. The molecule has 5 nitrogen and oxygen atoms in total. The summed E-state index contributed by atoms with van der Waals surface area (Å²) in [7, 11) is 0. The van der Waals surface area contributed by atoms with Crippen LogP contribution in [0.5, 0.6) is 0 Å². The number of halogens is 1. The van der Waals surface area contributed by atoms with Gasteiger partial charge in [0, 0.05) is 15.6 Å². The van der Waals surface area contributed by atoms with E-state index in [0.29, 0.717) is 22.0 Å². The van der Waals surface area contributed by atoms with Crippen LogP contribution in [0.1, 0.15) is 15.9 Å². The number of nitrogens with zero attached hydrogens (tertiary/aromatic N) is 2. The number of nitrogens with one attached hydrogen (secondary N) is 1. The van der Waals surface area contributed by atoms with Crippen molar-refractivity contribution in [1.29, 1.82) is 5.26 Å². The van der Waals surface area contributed by atoms with E-state index < -0.39 is 5.56 Å². The molecule has 0 unspecified atom stereocenters. The van der Waals surface area contributed by atoms with Crippen LogP contribution < -0.4 is 5.56 Å². The van der Waals surface area contributed by atoms with Crippen molar-refractivity contribution in [3.8, 4) is 17.3 Å². The minimum atomic E-state index is -0.518. The van der Waals surface area contributed by atoms with E-state index in [1.807, 2.05) is 24.3 Å². The van der Waals surface area contributed by atoms with Gasteiger partial charge in [0.15, 0.2) is 10.9 Å². The summed E-state index contributed by atoms with van der Waals surface area (Å²) in [5, 5.41) is 9.59. The minimum absolute atomic E-state index is 0.0499. The third-order valence-electron chi connectivity index (χ3n) is 3.56. The van der Waals surface area contributed by atoms with E-state index in [2.05, 4.69) is 25.9 Å². The molecule has 0 aliphatic rings. The highest BCUT2D eigenvalue weighted by Gasteiger charge is 2.15. The van der Waals surface area contributed by atoms with E-state index in [9.17, 15) is 14.9 Å². The number of hydrogen-bond donors (Lipinski definition) is 1. The van der Waals surface area contributed by atoms with Crippen LogP contribution in [-0.2, 0) is 0 Å². The minimum Gasteiger partial charge on any atom is -0.300 e. The maximum atomic E-state index is 12.2. The molecule has 26 heavy (non-hydrogen) atoms. The van der Waals surface area contributed by atoms with E-state index >= 15 is 0 Å². The Morgan fingerprint density at radius 3 is 2.50 bits per heavy atom. The molecule has 0 bridgehead atoms. The Morgan fingerprint density at radius 1 is 1.15 bits per heavy atom. The van der Waals surface area contributed by atoms with Crippen molar-refractivity contribution in [3.63, 3.8) is 0 Å². The molecule has 0 saturated carbocycles. The van der Waals surface area contributed by atoms with E-state index in [1.54, 1.807) is 36.4 Å². The number of ketones is 1. The van der Waals surface area contributed by atoms with Crippen molar-refractivity contribution >= 4 is 33.5 Å². The molecule has 0 fully saturated rings. The number of thioether (sulfide) groups is 1. The van der Waals surface area contributed by atoms with Crippen LogP contribution in [-0.4, -0.2) is 21.5 Å². The van der Waals surface area contributed by atoms with Crippen LogP contribution >= 0.6 is 27.7 Å². The van der Waals surface area contributed by atoms with Gasteiger partial charge in [0.05, 0.1) is 11.4 Å².